The Labute approximate surface area is 166 Å². The quantitative estimate of drug-likeness (QED) is 0.866. The number of piperidine rings is 1. The van der Waals surface area contributed by atoms with Crippen molar-refractivity contribution in [2.24, 2.45) is 5.92 Å². The first-order valence-corrected chi connectivity index (χ1v) is 10.2. The van der Waals surface area contributed by atoms with Gasteiger partial charge < -0.3 is 19.9 Å². The summed E-state index contributed by atoms with van der Waals surface area (Å²) in [4.78, 5) is 20.9. The van der Waals surface area contributed by atoms with E-state index in [1.165, 1.54) is 5.69 Å². The van der Waals surface area contributed by atoms with Crippen LogP contribution in [0.4, 0.5) is 10.5 Å². The zero-order valence-electron chi connectivity index (χ0n) is 16.2. The van der Waals surface area contributed by atoms with Crippen LogP contribution in [0.3, 0.4) is 0 Å². The van der Waals surface area contributed by atoms with Crippen LogP contribution in [0.1, 0.15) is 19.3 Å². The SMILES string of the molecule is O=C(NC[C@H]1CCN(c2ccccc2)C1)N1CCC(Oc2cccnc2)CC1. The van der Waals surface area contributed by atoms with Crippen LogP contribution in [0.15, 0.2) is 54.9 Å². The molecule has 2 aliphatic heterocycles. The largest absolute Gasteiger partial charge is 0.489 e. The standard InChI is InChI=1S/C22H28N4O2/c27-22(24-15-18-8-12-26(17-18)19-5-2-1-3-6-19)25-13-9-20(10-14-25)28-21-7-4-11-23-16-21/h1-7,11,16,18,20H,8-10,12-15,17H2,(H,24,27)/t18-/m1/s1. The molecule has 1 aromatic carbocycles. The smallest absolute Gasteiger partial charge is 0.317 e. The van der Waals surface area contributed by atoms with Crippen molar-refractivity contribution >= 4 is 11.7 Å². The summed E-state index contributed by atoms with van der Waals surface area (Å²) < 4.78 is 5.95. The van der Waals surface area contributed by atoms with Gasteiger partial charge >= 0.3 is 6.03 Å². The molecule has 1 N–H and O–H groups in total. The van der Waals surface area contributed by atoms with Crippen molar-refractivity contribution < 1.29 is 9.53 Å². The van der Waals surface area contributed by atoms with E-state index < -0.39 is 0 Å². The van der Waals surface area contributed by atoms with Crippen LogP contribution in [0.25, 0.3) is 0 Å². The number of carbonyl (C=O) groups is 1. The Balaban J connectivity index is 1.17. The molecule has 0 radical (unpaired) electrons. The van der Waals surface area contributed by atoms with Gasteiger partial charge in [0.05, 0.1) is 6.20 Å². The van der Waals surface area contributed by atoms with Gasteiger partial charge in [0.2, 0.25) is 0 Å². The zero-order valence-corrected chi connectivity index (χ0v) is 16.2. The first kappa shape index (κ1) is 18.6. The maximum Gasteiger partial charge on any atom is 0.317 e. The second-order valence-electron chi connectivity index (χ2n) is 7.62. The van der Waals surface area contributed by atoms with E-state index in [0.29, 0.717) is 5.92 Å². The van der Waals surface area contributed by atoms with Gasteiger partial charge in [-0.05, 0) is 36.6 Å². The number of amides is 2. The number of nitrogens with zero attached hydrogens (tertiary/aromatic N) is 3. The second-order valence-corrected chi connectivity index (χ2v) is 7.62. The molecule has 2 aromatic rings. The number of benzene rings is 1. The van der Waals surface area contributed by atoms with Gasteiger partial charge in [0, 0.05) is 57.4 Å². The molecule has 1 atom stereocenters. The molecular weight excluding hydrogens is 352 g/mol. The van der Waals surface area contributed by atoms with E-state index in [1.807, 2.05) is 23.1 Å². The van der Waals surface area contributed by atoms with E-state index in [9.17, 15) is 4.79 Å². The van der Waals surface area contributed by atoms with Crippen LogP contribution in [0, 0.1) is 5.92 Å². The summed E-state index contributed by atoms with van der Waals surface area (Å²) >= 11 is 0. The average molecular weight is 380 g/mol. The van der Waals surface area contributed by atoms with Gasteiger partial charge in [-0.3, -0.25) is 4.98 Å². The number of pyridine rings is 1. The Morgan fingerprint density at radius 1 is 1.07 bits per heavy atom. The number of hydrogen-bond acceptors (Lipinski definition) is 4. The first-order chi connectivity index (χ1) is 13.8. The minimum Gasteiger partial charge on any atom is -0.489 e. The number of urea groups is 1. The van der Waals surface area contributed by atoms with Gasteiger partial charge in [0.15, 0.2) is 0 Å². The lowest BCUT2D eigenvalue weighted by molar-refractivity contribution is 0.110. The fourth-order valence-electron chi connectivity index (χ4n) is 4.00. The Morgan fingerprint density at radius 3 is 2.64 bits per heavy atom. The molecule has 0 spiro atoms. The predicted molar refractivity (Wildman–Crippen MR) is 110 cm³/mol. The van der Waals surface area contributed by atoms with Crippen LogP contribution >= 0.6 is 0 Å². The monoisotopic (exact) mass is 380 g/mol. The maximum absolute atomic E-state index is 12.5. The van der Waals surface area contributed by atoms with Crippen molar-refractivity contribution in [3.63, 3.8) is 0 Å². The van der Waals surface area contributed by atoms with E-state index in [-0.39, 0.29) is 12.1 Å². The molecule has 0 bridgehead atoms. The molecule has 6 heteroatoms. The van der Waals surface area contributed by atoms with E-state index in [0.717, 1.165) is 57.7 Å². The fourth-order valence-corrected chi connectivity index (χ4v) is 4.00. The first-order valence-electron chi connectivity index (χ1n) is 10.2. The molecule has 0 unspecified atom stereocenters. The van der Waals surface area contributed by atoms with E-state index in [1.54, 1.807) is 12.4 Å². The van der Waals surface area contributed by atoms with Gasteiger partial charge in [-0.15, -0.1) is 0 Å². The molecule has 0 saturated carbocycles. The lowest BCUT2D eigenvalue weighted by Crippen LogP contribution is -2.47. The summed E-state index contributed by atoms with van der Waals surface area (Å²) in [7, 11) is 0. The summed E-state index contributed by atoms with van der Waals surface area (Å²) in [6, 6.07) is 14.3. The molecule has 2 amide bonds. The highest BCUT2D eigenvalue weighted by atomic mass is 16.5. The van der Waals surface area contributed by atoms with Gasteiger partial charge in [0.25, 0.3) is 0 Å². The molecule has 2 saturated heterocycles. The Hall–Kier alpha value is -2.76. The highest BCUT2D eigenvalue weighted by Gasteiger charge is 2.26. The molecule has 1 aromatic heterocycles. The fraction of sp³-hybridized carbons (Fsp3) is 0.455. The number of anilines is 1. The van der Waals surface area contributed by atoms with E-state index in [2.05, 4.69) is 39.5 Å². The third-order valence-electron chi connectivity index (χ3n) is 5.62. The number of nitrogens with one attached hydrogen (secondary N) is 1. The summed E-state index contributed by atoms with van der Waals surface area (Å²) in [5, 5.41) is 3.14. The molecule has 0 aliphatic carbocycles. The van der Waals surface area contributed by atoms with Crippen molar-refractivity contribution in [2.75, 3.05) is 37.6 Å². The average Bonchev–Trinajstić information content (AvgIpc) is 3.23. The summed E-state index contributed by atoms with van der Waals surface area (Å²) in [6.45, 7) is 4.27. The number of hydrogen-bond donors (Lipinski definition) is 1. The molecule has 2 fully saturated rings. The minimum absolute atomic E-state index is 0.0537. The molecule has 28 heavy (non-hydrogen) atoms. The molecule has 2 aliphatic rings. The van der Waals surface area contributed by atoms with E-state index in [4.69, 9.17) is 4.74 Å². The van der Waals surface area contributed by atoms with Gasteiger partial charge in [0.1, 0.15) is 11.9 Å². The van der Waals surface area contributed by atoms with Crippen molar-refractivity contribution in [3.05, 3.63) is 54.9 Å². The van der Waals surface area contributed by atoms with Crippen LogP contribution in [0.5, 0.6) is 5.75 Å². The van der Waals surface area contributed by atoms with E-state index >= 15 is 0 Å². The molecule has 6 nitrogen and oxygen atoms in total. The van der Waals surface area contributed by atoms with Crippen LogP contribution in [-0.4, -0.2) is 54.7 Å². The highest BCUT2D eigenvalue weighted by molar-refractivity contribution is 5.74. The van der Waals surface area contributed by atoms with Crippen molar-refractivity contribution in [1.29, 1.82) is 0 Å². The van der Waals surface area contributed by atoms with Gasteiger partial charge in [-0.25, -0.2) is 4.79 Å². The van der Waals surface area contributed by atoms with Gasteiger partial charge in [-0.1, -0.05) is 18.2 Å². The lowest BCUT2D eigenvalue weighted by Gasteiger charge is -2.32. The summed E-state index contributed by atoms with van der Waals surface area (Å²) in [5.74, 6) is 1.31. The third-order valence-corrected chi connectivity index (χ3v) is 5.62. The maximum atomic E-state index is 12.5. The van der Waals surface area contributed by atoms with Crippen LogP contribution < -0.4 is 15.0 Å². The van der Waals surface area contributed by atoms with Gasteiger partial charge in [-0.2, -0.15) is 0 Å². The number of rotatable bonds is 5. The topological polar surface area (TPSA) is 57.7 Å². The molecular formula is C22H28N4O2. The summed E-state index contributed by atoms with van der Waals surface area (Å²) in [5.41, 5.74) is 1.27. The highest BCUT2D eigenvalue weighted by Crippen LogP contribution is 2.23. The van der Waals surface area contributed by atoms with Crippen molar-refractivity contribution in [3.8, 4) is 5.75 Å². The lowest BCUT2D eigenvalue weighted by atomic mass is 10.1. The molecule has 148 valence electrons. The molecule has 3 heterocycles. The number of aromatic nitrogens is 1. The number of carbonyl (C=O) groups excluding carboxylic acids is 1. The van der Waals surface area contributed by atoms with Crippen molar-refractivity contribution in [2.45, 2.75) is 25.4 Å². The Morgan fingerprint density at radius 2 is 1.89 bits per heavy atom. The van der Waals surface area contributed by atoms with Crippen LogP contribution in [0.2, 0.25) is 0 Å². The Kier molecular flexibility index (Phi) is 5.95. The molecule has 4 rings (SSSR count). The normalized spacial score (nSPS) is 20.2. The minimum atomic E-state index is 0.0537. The number of para-hydroxylation sites is 1. The Bertz CT molecular complexity index is 748. The second kappa shape index (κ2) is 8.95. The third kappa shape index (κ3) is 4.74. The summed E-state index contributed by atoms with van der Waals surface area (Å²) in [6.07, 6.45) is 6.46. The predicted octanol–water partition coefficient (Wildman–Crippen LogP) is 3.16. The zero-order chi connectivity index (χ0) is 19.2. The van der Waals surface area contributed by atoms with Crippen LogP contribution in [-0.2, 0) is 0 Å². The number of likely N-dealkylation sites (tertiary alicyclic amines) is 1. The number of ether oxygens (including phenoxy) is 1. The van der Waals surface area contributed by atoms with Crippen molar-refractivity contribution in [1.82, 2.24) is 15.2 Å².